The van der Waals surface area contributed by atoms with Gasteiger partial charge in [0.15, 0.2) is 5.82 Å². The lowest BCUT2D eigenvalue weighted by atomic mass is 9.97. The lowest BCUT2D eigenvalue weighted by molar-refractivity contribution is -0.125. The van der Waals surface area contributed by atoms with Gasteiger partial charge in [-0.25, -0.2) is 8.78 Å². The van der Waals surface area contributed by atoms with Crippen LogP contribution in [0.5, 0.6) is 0 Å². The normalized spacial score (nSPS) is 16.0. The van der Waals surface area contributed by atoms with Gasteiger partial charge in [-0.1, -0.05) is 18.7 Å². The van der Waals surface area contributed by atoms with E-state index in [-0.39, 0.29) is 30.0 Å². The predicted molar refractivity (Wildman–Crippen MR) is 119 cm³/mol. The monoisotopic (exact) mass is 463 g/mol. The van der Waals surface area contributed by atoms with Crippen molar-refractivity contribution in [3.8, 4) is 0 Å². The Morgan fingerprint density at radius 2 is 1.94 bits per heavy atom. The average Bonchev–Trinajstić information content (AvgIpc) is 2.79. The highest BCUT2D eigenvalue weighted by Crippen LogP contribution is 2.23. The Balaban J connectivity index is 1.46. The van der Waals surface area contributed by atoms with Gasteiger partial charge >= 0.3 is 0 Å². The Morgan fingerprint density at radius 1 is 1.16 bits per heavy atom. The van der Waals surface area contributed by atoms with Gasteiger partial charge in [-0.15, -0.1) is 10.2 Å². The highest BCUT2D eigenvalue weighted by atomic mass is 32.2. The second kappa shape index (κ2) is 11.8. The average molecular weight is 464 g/mol. The van der Waals surface area contributed by atoms with E-state index in [1.165, 1.54) is 23.9 Å². The minimum absolute atomic E-state index is 0.0423. The molecular weight excluding hydrogens is 436 g/mol. The molecule has 1 aromatic carbocycles. The first-order chi connectivity index (χ1) is 15.4. The number of nitrogens with one attached hydrogen (secondary N) is 2. The van der Waals surface area contributed by atoms with Crippen molar-refractivity contribution < 1.29 is 18.4 Å². The molecule has 10 heteroatoms. The van der Waals surface area contributed by atoms with Crippen molar-refractivity contribution in [2.24, 2.45) is 5.92 Å². The van der Waals surface area contributed by atoms with Crippen molar-refractivity contribution in [2.45, 2.75) is 37.8 Å². The third-order valence-corrected chi connectivity index (χ3v) is 5.97. The minimum atomic E-state index is -0.680. The van der Waals surface area contributed by atoms with Gasteiger partial charge in [0.25, 0.3) is 0 Å². The van der Waals surface area contributed by atoms with Crippen LogP contribution >= 0.6 is 11.8 Å². The van der Waals surface area contributed by atoms with Crippen molar-refractivity contribution in [1.82, 2.24) is 20.8 Å². The number of amides is 2. The summed E-state index contributed by atoms with van der Waals surface area (Å²) in [6, 6.07) is 6.78. The maximum Gasteiger partial charge on any atom is 0.230 e. The molecular formula is C22H27F2N5O2S. The van der Waals surface area contributed by atoms with Crippen LogP contribution in [0.3, 0.4) is 0 Å². The maximum absolute atomic E-state index is 13.2. The number of anilines is 1. The number of hydrogen-bond acceptors (Lipinski definition) is 6. The van der Waals surface area contributed by atoms with Crippen LogP contribution in [0, 0.1) is 17.6 Å². The van der Waals surface area contributed by atoms with E-state index in [2.05, 4.69) is 25.7 Å². The van der Waals surface area contributed by atoms with Crippen molar-refractivity contribution in [3.05, 3.63) is 47.5 Å². The lowest BCUT2D eigenvalue weighted by Gasteiger charge is -2.32. The number of nitrogens with zero attached hydrogens (tertiary/aromatic N) is 3. The van der Waals surface area contributed by atoms with Crippen LogP contribution in [-0.4, -0.2) is 47.4 Å². The SMILES string of the molecule is CCCNC(=O)[C@@H]1CCCN(c2ccc(SCC(=O)NCc3cc(F)cc(F)c3)nn2)C1. The maximum atomic E-state index is 13.2. The number of piperidine rings is 1. The molecule has 0 bridgehead atoms. The Kier molecular flexibility index (Phi) is 8.78. The topological polar surface area (TPSA) is 87.2 Å². The molecule has 0 spiro atoms. The van der Waals surface area contributed by atoms with Crippen molar-refractivity contribution in [3.63, 3.8) is 0 Å². The number of halogens is 2. The molecule has 3 rings (SSSR count). The van der Waals surface area contributed by atoms with E-state index < -0.39 is 11.6 Å². The van der Waals surface area contributed by atoms with Crippen molar-refractivity contribution in [2.75, 3.05) is 30.3 Å². The number of rotatable bonds is 9. The van der Waals surface area contributed by atoms with Gasteiger partial charge in [0.05, 0.1) is 11.7 Å². The highest BCUT2D eigenvalue weighted by Gasteiger charge is 2.26. The van der Waals surface area contributed by atoms with Gasteiger partial charge in [0.1, 0.15) is 16.7 Å². The quantitative estimate of drug-likeness (QED) is 0.556. The van der Waals surface area contributed by atoms with E-state index in [0.717, 1.165) is 31.9 Å². The first-order valence-electron chi connectivity index (χ1n) is 10.7. The molecule has 1 fully saturated rings. The van der Waals surface area contributed by atoms with E-state index in [0.29, 0.717) is 29.5 Å². The molecule has 1 atom stereocenters. The van der Waals surface area contributed by atoms with Gasteiger partial charge < -0.3 is 15.5 Å². The molecule has 0 saturated carbocycles. The van der Waals surface area contributed by atoms with Gasteiger partial charge in [0, 0.05) is 32.2 Å². The predicted octanol–water partition coefficient (Wildman–Crippen LogP) is 2.91. The lowest BCUT2D eigenvalue weighted by Crippen LogP contribution is -2.43. The summed E-state index contributed by atoms with van der Waals surface area (Å²) in [4.78, 5) is 26.4. The molecule has 0 radical (unpaired) electrons. The number of benzene rings is 1. The summed E-state index contributed by atoms with van der Waals surface area (Å²) in [6.07, 6.45) is 2.69. The number of carbonyl (C=O) groups is 2. The third kappa shape index (κ3) is 7.15. The van der Waals surface area contributed by atoms with E-state index in [1.807, 2.05) is 13.0 Å². The van der Waals surface area contributed by atoms with Gasteiger partial charge in [-0.3, -0.25) is 9.59 Å². The largest absolute Gasteiger partial charge is 0.356 e. The van der Waals surface area contributed by atoms with Crippen LogP contribution in [0.4, 0.5) is 14.6 Å². The summed E-state index contributed by atoms with van der Waals surface area (Å²) in [5.41, 5.74) is 0.355. The molecule has 1 saturated heterocycles. The van der Waals surface area contributed by atoms with E-state index in [4.69, 9.17) is 0 Å². The van der Waals surface area contributed by atoms with E-state index >= 15 is 0 Å². The molecule has 7 nitrogen and oxygen atoms in total. The third-order valence-electron chi connectivity index (χ3n) is 5.05. The van der Waals surface area contributed by atoms with Crippen molar-refractivity contribution in [1.29, 1.82) is 0 Å². The molecule has 2 amide bonds. The van der Waals surface area contributed by atoms with Crippen LogP contribution in [-0.2, 0) is 16.1 Å². The fraction of sp³-hybridized carbons (Fsp3) is 0.455. The summed E-state index contributed by atoms with van der Waals surface area (Å²) in [6.45, 7) is 4.19. The smallest absolute Gasteiger partial charge is 0.230 e. The van der Waals surface area contributed by atoms with Crippen molar-refractivity contribution >= 4 is 29.4 Å². The number of aromatic nitrogens is 2. The summed E-state index contributed by atoms with van der Waals surface area (Å²) < 4.78 is 26.4. The van der Waals surface area contributed by atoms with Crippen LogP contribution in [0.2, 0.25) is 0 Å². The summed E-state index contributed by atoms with van der Waals surface area (Å²) in [5.74, 6) is -0.788. The highest BCUT2D eigenvalue weighted by molar-refractivity contribution is 7.99. The molecule has 0 aliphatic carbocycles. The van der Waals surface area contributed by atoms with Crippen LogP contribution < -0.4 is 15.5 Å². The first-order valence-corrected chi connectivity index (χ1v) is 11.6. The second-order valence-corrected chi connectivity index (χ2v) is 8.64. The van der Waals surface area contributed by atoms with Crippen LogP contribution in [0.1, 0.15) is 31.7 Å². The minimum Gasteiger partial charge on any atom is -0.356 e. The summed E-state index contributed by atoms with van der Waals surface area (Å²) >= 11 is 1.22. The molecule has 2 aromatic rings. The Bertz CT molecular complexity index is 909. The second-order valence-electron chi connectivity index (χ2n) is 7.65. The Hall–Kier alpha value is -2.75. The number of thioether (sulfide) groups is 1. The zero-order chi connectivity index (χ0) is 22.9. The van der Waals surface area contributed by atoms with E-state index in [9.17, 15) is 18.4 Å². The summed E-state index contributed by atoms with van der Waals surface area (Å²) in [7, 11) is 0. The molecule has 2 heterocycles. The molecule has 32 heavy (non-hydrogen) atoms. The Morgan fingerprint density at radius 3 is 2.62 bits per heavy atom. The summed E-state index contributed by atoms with van der Waals surface area (Å²) in [5, 5.41) is 14.6. The van der Waals surface area contributed by atoms with Gasteiger partial charge in [-0.2, -0.15) is 0 Å². The van der Waals surface area contributed by atoms with Gasteiger partial charge in [-0.05, 0) is 49.1 Å². The molecule has 2 N–H and O–H groups in total. The zero-order valence-corrected chi connectivity index (χ0v) is 18.8. The molecule has 172 valence electrons. The molecule has 1 aliphatic rings. The molecule has 0 unspecified atom stereocenters. The first kappa shape index (κ1) is 23.9. The zero-order valence-electron chi connectivity index (χ0n) is 17.9. The standard InChI is InChI=1S/C22H27F2N5O2S/c1-2-7-25-22(31)16-4-3-8-29(13-16)19-5-6-21(28-27-19)32-14-20(30)26-12-15-9-17(23)11-18(24)10-15/h5-6,9-11,16H,2-4,7-8,12-14H2,1H3,(H,25,31)(H,26,30)/t16-/m1/s1. The van der Waals surface area contributed by atoms with Crippen LogP contribution in [0.25, 0.3) is 0 Å². The Labute approximate surface area is 190 Å². The number of carbonyl (C=O) groups excluding carboxylic acids is 2. The fourth-order valence-corrected chi connectivity index (χ4v) is 4.10. The fourth-order valence-electron chi connectivity index (χ4n) is 3.45. The number of hydrogen-bond donors (Lipinski definition) is 2. The van der Waals surface area contributed by atoms with Crippen LogP contribution in [0.15, 0.2) is 35.4 Å². The molecule has 1 aliphatic heterocycles. The molecule has 1 aromatic heterocycles. The van der Waals surface area contributed by atoms with E-state index in [1.54, 1.807) is 6.07 Å². The van der Waals surface area contributed by atoms with Gasteiger partial charge in [0.2, 0.25) is 11.8 Å².